The van der Waals surface area contributed by atoms with Gasteiger partial charge in [0.15, 0.2) is 0 Å². The number of carbonyl (C=O) groups excluding carboxylic acids is 1. The van der Waals surface area contributed by atoms with Crippen molar-refractivity contribution < 1.29 is 4.79 Å². The summed E-state index contributed by atoms with van der Waals surface area (Å²) in [6.07, 6.45) is 2.02. The van der Waals surface area contributed by atoms with Crippen LogP contribution < -0.4 is 5.73 Å². The van der Waals surface area contributed by atoms with Crippen LogP contribution in [0.3, 0.4) is 0 Å². The molecule has 1 aromatic heterocycles. The van der Waals surface area contributed by atoms with Gasteiger partial charge in [-0.1, -0.05) is 20.8 Å². The van der Waals surface area contributed by atoms with E-state index in [-0.39, 0.29) is 17.4 Å². The molecule has 1 aliphatic heterocycles. The fourth-order valence-corrected chi connectivity index (χ4v) is 3.15. The molecular formula is C16H28N4O. The van der Waals surface area contributed by atoms with Crippen molar-refractivity contribution in [3.8, 4) is 0 Å². The molecule has 1 fully saturated rings. The molecule has 0 saturated carbocycles. The zero-order chi connectivity index (χ0) is 15.9. The molecule has 0 bridgehead atoms. The Morgan fingerprint density at radius 3 is 2.48 bits per heavy atom. The first kappa shape index (κ1) is 16.0. The van der Waals surface area contributed by atoms with Crippen molar-refractivity contribution in [1.29, 1.82) is 0 Å². The molecular weight excluding hydrogens is 264 g/mol. The predicted molar refractivity (Wildman–Crippen MR) is 83.8 cm³/mol. The van der Waals surface area contributed by atoms with Gasteiger partial charge in [0.2, 0.25) is 5.91 Å². The third kappa shape index (κ3) is 2.84. The average Bonchev–Trinajstić information content (AvgIpc) is 2.92. The zero-order valence-electron chi connectivity index (χ0n) is 14.1. The second-order valence-electron chi connectivity index (χ2n) is 7.24. The second-order valence-corrected chi connectivity index (χ2v) is 7.24. The Balaban J connectivity index is 2.31. The summed E-state index contributed by atoms with van der Waals surface area (Å²) in [5.74, 6) is 0.0626. The SMILES string of the molecule is Cc1nn(C)c(C)c1C1CCCN1C(=O)[C@@H](N)C(C)(C)C. The topological polar surface area (TPSA) is 64.2 Å². The Hall–Kier alpha value is -1.36. The number of nitrogens with two attached hydrogens (primary N) is 1. The van der Waals surface area contributed by atoms with Crippen LogP contribution in [0.25, 0.3) is 0 Å². The summed E-state index contributed by atoms with van der Waals surface area (Å²) in [5.41, 5.74) is 9.32. The molecule has 118 valence electrons. The van der Waals surface area contributed by atoms with Gasteiger partial charge in [-0.05, 0) is 32.1 Å². The van der Waals surface area contributed by atoms with Gasteiger partial charge in [-0.15, -0.1) is 0 Å². The van der Waals surface area contributed by atoms with Crippen molar-refractivity contribution in [1.82, 2.24) is 14.7 Å². The van der Waals surface area contributed by atoms with Crippen LogP contribution in [0.5, 0.6) is 0 Å². The Morgan fingerprint density at radius 2 is 2.00 bits per heavy atom. The van der Waals surface area contributed by atoms with Gasteiger partial charge in [0.25, 0.3) is 0 Å². The Kier molecular flexibility index (Phi) is 4.15. The van der Waals surface area contributed by atoms with Gasteiger partial charge in [-0.2, -0.15) is 5.10 Å². The highest BCUT2D eigenvalue weighted by atomic mass is 16.2. The zero-order valence-corrected chi connectivity index (χ0v) is 14.1. The second kappa shape index (κ2) is 5.44. The molecule has 5 nitrogen and oxygen atoms in total. The third-order valence-electron chi connectivity index (χ3n) is 4.63. The normalized spacial score (nSPS) is 20.9. The third-order valence-corrected chi connectivity index (χ3v) is 4.63. The van der Waals surface area contributed by atoms with Crippen LogP contribution in [-0.2, 0) is 11.8 Å². The maximum atomic E-state index is 12.8. The van der Waals surface area contributed by atoms with Crippen LogP contribution in [0, 0.1) is 19.3 Å². The first-order chi connectivity index (χ1) is 9.64. The number of carbonyl (C=O) groups is 1. The van der Waals surface area contributed by atoms with Gasteiger partial charge in [-0.3, -0.25) is 9.48 Å². The van der Waals surface area contributed by atoms with Crippen molar-refractivity contribution >= 4 is 5.91 Å². The number of nitrogens with zero attached hydrogens (tertiary/aromatic N) is 3. The first-order valence-corrected chi connectivity index (χ1v) is 7.70. The highest BCUT2D eigenvalue weighted by Gasteiger charge is 2.38. The first-order valence-electron chi connectivity index (χ1n) is 7.70. The van der Waals surface area contributed by atoms with Crippen LogP contribution in [0.1, 0.15) is 56.6 Å². The van der Waals surface area contributed by atoms with E-state index in [1.807, 2.05) is 44.3 Å². The highest BCUT2D eigenvalue weighted by Crippen LogP contribution is 2.36. The summed E-state index contributed by atoms with van der Waals surface area (Å²) in [6, 6.07) is -0.338. The minimum Gasteiger partial charge on any atom is -0.334 e. The summed E-state index contributed by atoms with van der Waals surface area (Å²) < 4.78 is 1.90. The Bertz CT molecular complexity index is 541. The lowest BCUT2D eigenvalue weighted by molar-refractivity contribution is -0.135. The van der Waals surface area contributed by atoms with Gasteiger partial charge in [0, 0.05) is 24.8 Å². The molecule has 1 unspecified atom stereocenters. The molecule has 0 spiro atoms. The molecule has 2 heterocycles. The lowest BCUT2D eigenvalue weighted by atomic mass is 9.86. The number of hydrogen-bond acceptors (Lipinski definition) is 3. The number of aryl methyl sites for hydroxylation is 2. The molecule has 2 N–H and O–H groups in total. The minimum absolute atomic E-state index is 0.0626. The van der Waals surface area contributed by atoms with E-state index in [0.717, 1.165) is 30.8 Å². The molecule has 21 heavy (non-hydrogen) atoms. The van der Waals surface area contributed by atoms with Crippen molar-refractivity contribution in [2.75, 3.05) is 6.54 Å². The van der Waals surface area contributed by atoms with Gasteiger partial charge in [-0.25, -0.2) is 0 Å². The number of likely N-dealkylation sites (tertiary alicyclic amines) is 1. The molecule has 1 saturated heterocycles. The Morgan fingerprint density at radius 1 is 1.38 bits per heavy atom. The molecule has 1 aliphatic rings. The van der Waals surface area contributed by atoms with Gasteiger partial charge in [0.1, 0.15) is 0 Å². The maximum absolute atomic E-state index is 12.8. The van der Waals surface area contributed by atoms with Crippen molar-refractivity contribution in [2.45, 2.75) is 59.5 Å². The van der Waals surface area contributed by atoms with Crippen LogP contribution >= 0.6 is 0 Å². The summed E-state index contributed by atoms with van der Waals surface area (Å²) in [6.45, 7) is 10.9. The largest absolute Gasteiger partial charge is 0.334 e. The van der Waals surface area contributed by atoms with Crippen LogP contribution in [0.15, 0.2) is 0 Å². The van der Waals surface area contributed by atoms with Crippen molar-refractivity contribution in [3.05, 3.63) is 17.0 Å². The molecule has 5 heteroatoms. The lowest BCUT2D eigenvalue weighted by Gasteiger charge is -2.33. The van der Waals surface area contributed by atoms with Crippen LogP contribution in [0.2, 0.25) is 0 Å². The van der Waals surface area contributed by atoms with Crippen LogP contribution in [0.4, 0.5) is 0 Å². The number of aromatic nitrogens is 2. The van der Waals surface area contributed by atoms with E-state index in [0.29, 0.717) is 0 Å². The molecule has 0 radical (unpaired) electrons. The van der Waals surface area contributed by atoms with E-state index in [9.17, 15) is 4.79 Å². The molecule has 2 atom stereocenters. The monoisotopic (exact) mass is 292 g/mol. The number of amides is 1. The quantitative estimate of drug-likeness (QED) is 0.907. The van der Waals surface area contributed by atoms with Gasteiger partial charge < -0.3 is 10.6 Å². The van der Waals surface area contributed by atoms with Gasteiger partial charge in [0.05, 0.1) is 17.8 Å². The van der Waals surface area contributed by atoms with Crippen molar-refractivity contribution in [3.63, 3.8) is 0 Å². The summed E-state index contributed by atoms with van der Waals surface area (Å²) in [5, 5.41) is 4.49. The van der Waals surface area contributed by atoms with Crippen molar-refractivity contribution in [2.24, 2.45) is 18.2 Å². The number of rotatable bonds is 2. The molecule has 1 amide bonds. The van der Waals surface area contributed by atoms with E-state index in [2.05, 4.69) is 12.0 Å². The van der Waals surface area contributed by atoms with E-state index >= 15 is 0 Å². The summed E-state index contributed by atoms with van der Waals surface area (Å²) >= 11 is 0. The van der Waals surface area contributed by atoms with E-state index in [1.54, 1.807) is 0 Å². The average molecular weight is 292 g/mol. The fourth-order valence-electron chi connectivity index (χ4n) is 3.15. The molecule has 0 aromatic carbocycles. The summed E-state index contributed by atoms with van der Waals surface area (Å²) in [7, 11) is 1.95. The van der Waals surface area contributed by atoms with E-state index < -0.39 is 6.04 Å². The molecule has 2 rings (SSSR count). The summed E-state index contributed by atoms with van der Waals surface area (Å²) in [4.78, 5) is 14.7. The Labute approximate surface area is 127 Å². The standard InChI is InChI=1S/C16H28N4O/c1-10-13(11(2)19(6)18-10)12-8-7-9-20(12)15(21)14(17)16(3,4)5/h12,14H,7-9,17H2,1-6H3/t12?,14-/m1/s1. The maximum Gasteiger partial charge on any atom is 0.240 e. The minimum atomic E-state index is -0.463. The van der Waals surface area contributed by atoms with E-state index in [1.165, 1.54) is 5.56 Å². The van der Waals surface area contributed by atoms with E-state index in [4.69, 9.17) is 5.73 Å². The highest BCUT2D eigenvalue weighted by molar-refractivity contribution is 5.83. The lowest BCUT2D eigenvalue weighted by Crippen LogP contribution is -2.50. The smallest absolute Gasteiger partial charge is 0.240 e. The van der Waals surface area contributed by atoms with Crippen LogP contribution in [-0.4, -0.2) is 33.2 Å². The molecule has 0 aliphatic carbocycles. The number of hydrogen-bond donors (Lipinski definition) is 1. The fraction of sp³-hybridized carbons (Fsp3) is 0.750. The predicted octanol–water partition coefficient (Wildman–Crippen LogP) is 2.07. The molecule has 1 aromatic rings. The van der Waals surface area contributed by atoms with Gasteiger partial charge >= 0.3 is 0 Å².